The monoisotopic (exact) mass is 292 g/mol. The largest absolute Gasteiger partial charge is 0.479 e. The summed E-state index contributed by atoms with van der Waals surface area (Å²) in [5.41, 5.74) is 1.17. The van der Waals surface area contributed by atoms with Crippen LogP contribution in [0.25, 0.3) is 0 Å². The first kappa shape index (κ1) is 15.3. The van der Waals surface area contributed by atoms with Crippen LogP contribution in [0, 0.1) is 0 Å². The van der Waals surface area contributed by atoms with Gasteiger partial charge in [0, 0.05) is 20.1 Å². The quantitative estimate of drug-likeness (QED) is 0.901. The predicted molar refractivity (Wildman–Crippen MR) is 77.1 cm³/mol. The predicted octanol–water partition coefficient (Wildman–Crippen LogP) is 1.07. The van der Waals surface area contributed by atoms with E-state index in [4.69, 9.17) is 9.84 Å². The third kappa shape index (κ3) is 4.19. The number of carbonyl (C=O) groups excluding carboxylic acids is 1. The number of carboxylic acids is 1. The topological polar surface area (TPSA) is 70.1 Å². The lowest BCUT2D eigenvalue weighted by atomic mass is 10.1. The van der Waals surface area contributed by atoms with Crippen molar-refractivity contribution in [3.8, 4) is 0 Å². The Balaban J connectivity index is 1.85. The summed E-state index contributed by atoms with van der Waals surface area (Å²) in [5.74, 6) is -1.03. The van der Waals surface area contributed by atoms with E-state index in [0.717, 1.165) is 6.42 Å². The number of benzene rings is 1. The lowest BCUT2D eigenvalue weighted by Gasteiger charge is -2.33. The fraction of sp³-hybridized carbons (Fsp3) is 0.467. The molecule has 6 heteroatoms. The number of morpholine rings is 1. The molecular formula is C15H20N2O4. The molecule has 21 heavy (non-hydrogen) atoms. The number of nitrogens with zero attached hydrogens (tertiary/aromatic N) is 2. The maximum Gasteiger partial charge on any atom is 0.334 e. The second-order valence-electron chi connectivity index (χ2n) is 5.08. The molecule has 1 heterocycles. The minimum absolute atomic E-state index is 0.101. The van der Waals surface area contributed by atoms with Crippen LogP contribution >= 0.6 is 0 Å². The van der Waals surface area contributed by atoms with Crippen LogP contribution in [0.4, 0.5) is 4.79 Å². The molecule has 0 spiro atoms. The third-order valence-electron chi connectivity index (χ3n) is 3.52. The zero-order chi connectivity index (χ0) is 15.2. The van der Waals surface area contributed by atoms with Crippen molar-refractivity contribution >= 4 is 12.0 Å². The van der Waals surface area contributed by atoms with Crippen LogP contribution in [-0.4, -0.2) is 66.3 Å². The minimum atomic E-state index is -1.03. The Labute approximate surface area is 123 Å². The van der Waals surface area contributed by atoms with Gasteiger partial charge in [-0.2, -0.15) is 0 Å². The molecule has 1 aliphatic heterocycles. The van der Waals surface area contributed by atoms with E-state index in [9.17, 15) is 9.59 Å². The van der Waals surface area contributed by atoms with Gasteiger partial charge in [0.2, 0.25) is 0 Å². The highest BCUT2D eigenvalue weighted by Crippen LogP contribution is 2.09. The molecule has 1 fully saturated rings. The van der Waals surface area contributed by atoms with E-state index >= 15 is 0 Å². The molecule has 6 nitrogen and oxygen atoms in total. The first-order valence-corrected chi connectivity index (χ1v) is 6.96. The van der Waals surface area contributed by atoms with Crippen molar-refractivity contribution in [2.24, 2.45) is 0 Å². The van der Waals surface area contributed by atoms with Gasteiger partial charge >= 0.3 is 12.0 Å². The number of hydrogen-bond donors (Lipinski definition) is 1. The molecule has 1 aromatic rings. The van der Waals surface area contributed by atoms with E-state index in [1.54, 1.807) is 11.9 Å². The SMILES string of the molecule is CN(CCc1ccccc1)C(=O)N1CCOC(C(=O)O)C1. The van der Waals surface area contributed by atoms with Crippen molar-refractivity contribution in [2.45, 2.75) is 12.5 Å². The molecule has 0 aromatic heterocycles. The Kier molecular flexibility index (Phi) is 5.16. The average molecular weight is 292 g/mol. The summed E-state index contributed by atoms with van der Waals surface area (Å²) in [4.78, 5) is 26.4. The molecule has 2 rings (SSSR count). The zero-order valence-corrected chi connectivity index (χ0v) is 12.1. The molecule has 1 aliphatic rings. The van der Waals surface area contributed by atoms with Gasteiger partial charge in [-0.3, -0.25) is 0 Å². The Morgan fingerprint density at radius 1 is 1.38 bits per heavy atom. The molecule has 114 valence electrons. The molecule has 1 atom stereocenters. The van der Waals surface area contributed by atoms with Crippen molar-refractivity contribution in [2.75, 3.05) is 33.3 Å². The van der Waals surface area contributed by atoms with E-state index in [1.165, 1.54) is 10.5 Å². The normalized spacial score (nSPS) is 18.3. The van der Waals surface area contributed by atoms with Gasteiger partial charge in [0.05, 0.1) is 13.2 Å². The highest BCUT2D eigenvalue weighted by atomic mass is 16.5. The van der Waals surface area contributed by atoms with Crippen LogP contribution in [0.3, 0.4) is 0 Å². The van der Waals surface area contributed by atoms with E-state index in [0.29, 0.717) is 13.1 Å². The van der Waals surface area contributed by atoms with Gasteiger partial charge in [-0.25, -0.2) is 9.59 Å². The molecule has 0 aliphatic carbocycles. The summed E-state index contributed by atoms with van der Waals surface area (Å²) in [6, 6.07) is 9.78. The first-order chi connectivity index (χ1) is 10.1. The van der Waals surface area contributed by atoms with E-state index in [1.807, 2.05) is 30.3 Å². The van der Waals surface area contributed by atoms with Gasteiger partial charge in [-0.05, 0) is 12.0 Å². The van der Waals surface area contributed by atoms with E-state index < -0.39 is 12.1 Å². The number of likely N-dealkylation sites (N-methyl/N-ethyl adjacent to an activating group) is 1. The third-order valence-corrected chi connectivity index (χ3v) is 3.52. The Morgan fingerprint density at radius 3 is 2.76 bits per heavy atom. The minimum Gasteiger partial charge on any atom is -0.479 e. The van der Waals surface area contributed by atoms with Crippen molar-refractivity contribution in [3.63, 3.8) is 0 Å². The number of urea groups is 1. The lowest BCUT2D eigenvalue weighted by molar-refractivity contribution is -0.154. The van der Waals surface area contributed by atoms with Crippen LogP contribution in [0.5, 0.6) is 0 Å². The number of aliphatic carboxylic acids is 1. The molecule has 2 amide bonds. The highest BCUT2D eigenvalue weighted by molar-refractivity contribution is 5.77. The van der Waals surface area contributed by atoms with Crippen molar-refractivity contribution in [3.05, 3.63) is 35.9 Å². The summed E-state index contributed by atoms with van der Waals surface area (Å²) < 4.78 is 5.12. The van der Waals surface area contributed by atoms with Gasteiger partial charge in [-0.15, -0.1) is 0 Å². The maximum absolute atomic E-state index is 12.3. The van der Waals surface area contributed by atoms with Gasteiger partial charge < -0.3 is 19.6 Å². The van der Waals surface area contributed by atoms with Crippen molar-refractivity contribution in [1.82, 2.24) is 9.80 Å². The molecule has 0 bridgehead atoms. The van der Waals surface area contributed by atoms with Gasteiger partial charge in [0.1, 0.15) is 0 Å². The van der Waals surface area contributed by atoms with Crippen LogP contribution in [0.15, 0.2) is 30.3 Å². The Morgan fingerprint density at radius 2 is 2.10 bits per heavy atom. The zero-order valence-electron chi connectivity index (χ0n) is 12.1. The van der Waals surface area contributed by atoms with Crippen LogP contribution in [0.2, 0.25) is 0 Å². The summed E-state index contributed by atoms with van der Waals surface area (Å²) >= 11 is 0. The maximum atomic E-state index is 12.3. The second kappa shape index (κ2) is 7.08. The molecule has 1 N–H and O–H groups in total. The molecule has 1 saturated heterocycles. The fourth-order valence-corrected chi connectivity index (χ4v) is 2.25. The lowest BCUT2D eigenvalue weighted by Crippen LogP contribution is -2.52. The fourth-order valence-electron chi connectivity index (χ4n) is 2.25. The van der Waals surface area contributed by atoms with Crippen LogP contribution in [0.1, 0.15) is 5.56 Å². The molecular weight excluding hydrogens is 272 g/mol. The second-order valence-corrected chi connectivity index (χ2v) is 5.08. The summed E-state index contributed by atoms with van der Waals surface area (Å²) in [7, 11) is 1.73. The standard InChI is InChI=1S/C15H20N2O4/c1-16(8-7-12-5-3-2-4-6-12)15(20)17-9-10-21-13(11-17)14(18)19/h2-6,13H,7-11H2,1H3,(H,18,19). The van der Waals surface area contributed by atoms with E-state index in [2.05, 4.69) is 0 Å². The molecule has 0 saturated carbocycles. The van der Waals surface area contributed by atoms with Crippen LogP contribution < -0.4 is 0 Å². The first-order valence-electron chi connectivity index (χ1n) is 6.96. The van der Waals surface area contributed by atoms with Gasteiger partial charge in [0.15, 0.2) is 6.10 Å². The van der Waals surface area contributed by atoms with Crippen molar-refractivity contribution < 1.29 is 19.4 Å². The van der Waals surface area contributed by atoms with Crippen molar-refractivity contribution in [1.29, 1.82) is 0 Å². The highest BCUT2D eigenvalue weighted by Gasteiger charge is 2.30. The van der Waals surface area contributed by atoms with Gasteiger partial charge in [-0.1, -0.05) is 30.3 Å². The summed E-state index contributed by atoms with van der Waals surface area (Å²) in [6.07, 6.45) is -0.152. The molecule has 1 unspecified atom stereocenters. The van der Waals surface area contributed by atoms with Gasteiger partial charge in [0.25, 0.3) is 0 Å². The number of ether oxygens (including phenoxy) is 1. The Hall–Kier alpha value is -2.08. The average Bonchev–Trinajstić information content (AvgIpc) is 2.53. The smallest absolute Gasteiger partial charge is 0.334 e. The Bertz CT molecular complexity index is 492. The number of carbonyl (C=O) groups is 2. The number of hydrogen-bond acceptors (Lipinski definition) is 3. The number of amides is 2. The molecule has 0 radical (unpaired) electrons. The number of carboxylic acid groups (broad SMARTS) is 1. The summed E-state index contributed by atoms with van der Waals surface area (Å²) in [6.45, 7) is 1.38. The van der Waals surface area contributed by atoms with E-state index in [-0.39, 0.29) is 19.2 Å². The molecule has 1 aromatic carbocycles. The number of rotatable bonds is 4. The van der Waals surface area contributed by atoms with Crippen LogP contribution in [-0.2, 0) is 16.0 Å². The summed E-state index contributed by atoms with van der Waals surface area (Å²) in [5, 5.41) is 8.95.